The van der Waals surface area contributed by atoms with Crippen LogP contribution in [0.5, 0.6) is 0 Å². The Morgan fingerprint density at radius 1 is 1.23 bits per heavy atom. The zero-order chi connectivity index (χ0) is 9.10. The van der Waals surface area contributed by atoms with Crippen molar-refractivity contribution < 1.29 is 5.11 Å². The monoisotopic (exact) mass is 177 g/mol. The van der Waals surface area contributed by atoms with Crippen molar-refractivity contribution in [2.45, 2.75) is 6.61 Å². The zero-order valence-electron chi connectivity index (χ0n) is 7.22. The van der Waals surface area contributed by atoms with Crippen LogP contribution >= 0.6 is 0 Å². The third-order valence-corrected chi connectivity index (χ3v) is 1.98. The average Bonchev–Trinajstić information content (AvgIpc) is 2.71. The first kappa shape index (κ1) is 8.19. The van der Waals surface area contributed by atoms with E-state index in [-0.39, 0.29) is 6.61 Å². The third kappa shape index (κ3) is 1.67. The molecule has 0 atom stereocenters. The van der Waals surface area contributed by atoms with Crippen LogP contribution < -0.4 is 4.90 Å². The molecule has 1 N–H and O–H groups in total. The molecule has 1 aliphatic rings. The van der Waals surface area contributed by atoms with Crippen molar-refractivity contribution in [2.24, 2.45) is 0 Å². The van der Waals surface area contributed by atoms with Crippen LogP contribution in [-0.4, -0.2) is 28.2 Å². The lowest BCUT2D eigenvalue weighted by atomic mass is 10.4. The number of nitrogens with zero attached hydrogens (tertiary/aromatic N) is 3. The van der Waals surface area contributed by atoms with Crippen LogP contribution in [0.2, 0.25) is 0 Å². The maximum absolute atomic E-state index is 8.79. The molecule has 0 fully saturated rings. The molecule has 0 saturated heterocycles. The summed E-state index contributed by atoms with van der Waals surface area (Å²) < 4.78 is 0. The highest BCUT2D eigenvalue weighted by Gasteiger charge is 2.09. The number of aromatic nitrogens is 2. The van der Waals surface area contributed by atoms with Gasteiger partial charge in [-0.1, -0.05) is 12.2 Å². The summed E-state index contributed by atoms with van der Waals surface area (Å²) in [6, 6.07) is 0. The Morgan fingerprint density at radius 2 is 1.85 bits per heavy atom. The molecule has 0 saturated carbocycles. The Balaban J connectivity index is 2.13. The van der Waals surface area contributed by atoms with Crippen molar-refractivity contribution >= 4 is 5.95 Å². The highest BCUT2D eigenvalue weighted by Crippen LogP contribution is 2.10. The molecular weight excluding hydrogens is 166 g/mol. The second-order valence-corrected chi connectivity index (χ2v) is 2.93. The highest BCUT2D eigenvalue weighted by atomic mass is 16.3. The van der Waals surface area contributed by atoms with E-state index in [0.29, 0.717) is 0 Å². The van der Waals surface area contributed by atoms with E-state index in [1.807, 2.05) is 0 Å². The van der Waals surface area contributed by atoms with E-state index in [9.17, 15) is 0 Å². The molecule has 2 heterocycles. The summed E-state index contributed by atoms with van der Waals surface area (Å²) >= 11 is 0. The number of hydrogen-bond acceptors (Lipinski definition) is 4. The Hall–Kier alpha value is -1.42. The van der Waals surface area contributed by atoms with Gasteiger partial charge in [0.1, 0.15) is 0 Å². The van der Waals surface area contributed by atoms with Gasteiger partial charge in [-0.3, -0.25) is 0 Å². The normalized spacial score (nSPS) is 15.3. The summed E-state index contributed by atoms with van der Waals surface area (Å²) in [6.07, 6.45) is 7.48. The lowest BCUT2D eigenvalue weighted by Crippen LogP contribution is -2.21. The second-order valence-electron chi connectivity index (χ2n) is 2.93. The van der Waals surface area contributed by atoms with Crippen molar-refractivity contribution in [3.63, 3.8) is 0 Å². The molecule has 0 unspecified atom stereocenters. The molecule has 1 aromatic heterocycles. The van der Waals surface area contributed by atoms with Crippen LogP contribution in [-0.2, 0) is 6.61 Å². The van der Waals surface area contributed by atoms with Crippen LogP contribution in [0, 0.1) is 0 Å². The van der Waals surface area contributed by atoms with E-state index >= 15 is 0 Å². The minimum Gasteiger partial charge on any atom is -0.392 e. The fourth-order valence-corrected chi connectivity index (χ4v) is 1.23. The average molecular weight is 177 g/mol. The summed E-state index contributed by atoms with van der Waals surface area (Å²) in [5.74, 6) is 0.724. The minimum absolute atomic E-state index is 0.00146. The number of anilines is 1. The molecule has 0 aliphatic carbocycles. The summed E-state index contributed by atoms with van der Waals surface area (Å²) in [7, 11) is 0. The Bertz CT molecular complexity index is 299. The van der Waals surface area contributed by atoms with E-state index in [4.69, 9.17) is 5.11 Å². The molecule has 0 amide bonds. The van der Waals surface area contributed by atoms with Crippen molar-refractivity contribution in [1.29, 1.82) is 0 Å². The summed E-state index contributed by atoms with van der Waals surface area (Å²) in [5.41, 5.74) is 0.746. The summed E-state index contributed by atoms with van der Waals surface area (Å²) in [5, 5.41) is 8.79. The third-order valence-electron chi connectivity index (χ3n) is 1.98. The molecule has 1 aliphatic heterocycles. The molecule has 0 spiro atoms. The lowest BCUT2D eigenvalue weighted by molar-refractivity contribution is 0.281. The topological polar surface area (TPSA) is 49.3 Å². The van der Waals surface area contributed by atoms with Gasteiger partial charge < -0.3 is 10.0 Å². The number of rotatable bonds is 2. The van der Waals surface area contributed by atoms with E-state index in [2.05, 4.69) is 27.0 Å². The SMILES string of the molecule is OCc1cnc(N2CC=CC2)nc1. The van der Waals surface area contributed by atoms with Crippen LogP contribution in [0.15, 0.2) is 24.5 Å². The van der Waals surface area contributed by atoms with Gasteiger partial charge in [-0.2, -0.15) is 0 Å². The first-order valence-corrected chi connectivity index (χ1v) is 4.22. The standard InChI is InChI=1S/C9H11N3O/c13-7-8-5-10-9(11-6-8)12-3-1-2-4-12/h1-2,5-6,13H,3-4,7H2. The highest BCUT2D eigenvalue weighted by molar-refractivity contribution is 5.35. The van der Waals surface area contributed by atoms with Gasteiger partial charge in [0, 0.05) is 31.0 Å². The van der Waals surface area contributed by atoms with E-state index in [1.54, 1.807) is 12.4 Å². The van der Waals surface area contributed by atoms with Crippen LogP contribution in [0.3, 0.4) is 0 Å². The van der Waals surface area contributed by atoms with Crippen LogP contribution in [0.25, 0.3) is 0 Å². The first-order chi connectivity index (χ1) is 6.40. The Kier molecular flexibility index (Phi) is 2.23. The maximum atomic E-state index is 8.79. The molecule has 68 valence electrons. The van der Waals surface area contributed by atoms with Gasteiger partial charge in [0.05, 0.1) is 6.61 Å². The maximum Gasteiger partial charge on any atom is 0.225 e. The fraction of sp³-hybridized carbons (Fsp3) is 0.333. The number of aliphatic hydroxyl groups is 1. The van der Waals surface area contributed by atoms with Gasteiger partial charge in [0.2, 0.25) is 5.95 Å². The molecule has 13 heavy (non-hydrogen) atoms. The van der Waals surface area contributed by atoms with Gasteiger partial charge >= 0.3 is 0 Å². The van der Waals surface area contributed by atoms with E-state index in [0.717, 1.165) is 24.6 Å². The summed E-state index contributed by atoms with van der Waals surface area (Å²) in [6.45, 7) is 1.75. The molecule has 0 radical (unpaired) electrons. The van der Waals surface area contributed by atoms with Gasteiger partial charge in [-0.25, -0.2) is 9.97 Å². The van der Waals surface area contributed by atoms with E-state index < -0.39 is 0 Å². The van der Waals surface area contributed by atoms with Crippen molar-refractivity contribution in [1.82, 2.24) is 9.97 Å². The lowest BCUT2D eigenvalue weighted by Gasteiger charge is -2.14. The van der Waals surface area contributed by atoms with Crippen LogP contribution in [0.4, 0.5) is 5.95 Å². The van der Waals surface area contributed by atoms with Gasteiger partial charge in [-0.15, -0.1) is 0 Å². The minimum atomic E-state index is -0.00146. The van der Waals surface area contributed by atoms with Crippen molar-refractivity contribution in [2.75, 3.05) is 18.0 Å². The molecule has 0 bridgehead atoms. The van der Waals surface area contributed by atoms with Crippen LogP contribution in [0.1, 0.15) is 5.56 Å². The molecular formula is C9H11N3O. The quantitative estimate of drug-likeness (QED) is 0.662. The fourth-order valence-electron chi connectivity index (χ4n) is 1.23. The van der Waals surface area contributed by atoms with Gasteiger partial charge in [0.25, 0.3) is 0 Å². The predicted molar refractivity (Wildman–Crippen MR) is 49.3 cm³/mol. The number of aliphatic hydroxyl groups excluding tert-OH is 1. The molecule has 2 rings (SSSR count). The molecule has 1 aromatic rings. The van der Waals surface area contributed by atoms with E-state index in [1.165, 1.54) is 0 Å². The number of hydrogen-bond donors (Lipinski definition) is 1. The molecule has 0 aromatic carbocycles. The zero-order valence-corrected chi connectivity index (χ0v) is 7.22. The predicted octanol–water partition coefficient (Wildman–Crippen LogP) is 0.345. The van der Waals surface area contributed by atoms with Gasteiger partial charge in [0.15, 0.2) is 0 Å². The Labute approximate surface area is 76.6 Å². The smallest absolute Gasteiger partial charge is 0.225 e. The largest absolute Gasteiger partial charge is 0.392 e. The summed E-state index contributed by atoms with van der Waals surface area (Å²) in [4.78, 5) is 10.3. The van der Waals surface area contributed by atoms with Gasteiger partial charge in [-0.05, 0) is 0 Å². The Morgan fingerprint density at radius 3 is 2.38 bits per heavy atom. The first-order valence-electron chi connectivity index (χ1n) is 4.22. The second kappa shape index (κ2) is 3.53. The molecule has 4 nitrogen and oxygen atoms in total. The molecule has 4 heteroatoms. The van der Waals surface area contributed by atoms with Crippen molar-refractivity contribution in [3.8, 4) is 0 Å². The van der Waals surface area contributed by atoms with Crippen molar-refractivity contribution in [3.05, 3.63) is 30.1 Å².